The van der Waals surface area contributed by atoms with Gasteiger partial charge in [-0.3, -0.25) is 4.79 Å². The largest absolute Gasteiger partial charge is 0.356 e. The number of hydrogen-bond acceptors (Lipinski definition) is 6. The molecule has 2 heterocycles. The highest BCUT2D eigenvalue weighted by Gasteiger charge is 2.17. The van der Waals surface area contributed by atoms with Crippen LogP contribution in [-0.4, -0.2) is 48.1 Å². The molecule has 0 saturated heterocycles. The van der Waals surface area contributed by atoms with Crippen LogP contribution in [0.15, 0.2) is 53.2 Å². The van der Waals surface area contributed by atoms with Gasteiger partial charge in [0, 0.05) is 13.1 Å². The van der Waals surface area contributed by atoms with Crippen LogP contribution in [0.5, 0.6) is 0 Å². The van der Waals surface area contributed by atoms with Crippen molar-refractivity contribution in [3.05, 3.63) is 59.4 Å². The van der Waals surface area contributed by atoms with E-state index in [1.807, 2.05) is 37.2 Å². The number of fused-ring (bicyclic) bond motifs is 1. The third-order valence-electron chi connectivity index (χ3n) is 4.43. The predicted molar refractivity (Wildman–Crippen MR) is 111 cm³/mol. The third-order valence-corrected chi connectivity index (χ3v) is 5.43. The summed E-state index contributed by atoms with van der Waals surface area (Å²) in [6.45, 7) is 1.33. The average Bonchev–Trinajstić information content (AvgIpc) is 3.34. The maximum atomic E-state index is 13.1. The predicted octanol–water partition coefficient (Wildman–Crippen LogP) is 4.05. The van der Waals surface area contributed by atoms with Crippen molar-refractivity contribution in [1.82, 2.24) is 20.4 Å². The van der Waals surface area contributed by atoms with Crippen molar-refractivity contribution in [2.45, 2.75) is 0 Å². The van der Waals surface area contributed by atoms with Crippen molar-refractivity contribution in [2.75, 3.05) is 27.2 Å². The number of halogens is 1. The number of rotatable bonds is 6. The highest BCUT2D eigenvalue weighted by Crippen LogP contribution is 2.33. The van der Waals surface area contributed by atoms with Crippen LogP contribution in [0.2, 0.25) is 0 Å². The molecule has 4 rings (SSSR count). The van der Waals surface area contributed by atoms with Gasteiger partial charge in [0.15, 0.2) is 5.58 Å². The van der Waals surface area contributed by atoms with E-state index in [0.717, 1.165) is 23.1 Å². The van der Waals surface area contributed by atoms with Gasteiger partial charge in [0.2, 0.25) is 0 Å². The molecule has 0 aliphatic heterocycles. The number of hydrogen-bond donors (Lipinski definition) is 1. The van der Waals surface area contributed by atoms with Crippen LogP contribution in [0.3, 0.4) is 0 Å². The van der Waals surface area contributed by atoms with E-state index in [1.54, 1.807) is 18.3 Å². The fourth-order valence-electron chi connectivity index (χ4n) is 2.88. The summed E-state index contributed by atoms with van der Waals surface area (Å²) in [5.41, 5.74) is 2.99. The molecular formula is C21H19FN4O2S. The summed E-state index contributed by atoms with van der Waals surface area (Å²) < 4.78 is 18.6. The monoisotopic (exact) mass is 410 g/mol. The van der Waals surface area contributed by atoms with Crippen molar-refractivity contribution >= 4 is 28.2 Å². The maximum Gasteiger partial charge on any atom is 0.263 e. The van der Waals surface area contributed by atoms with E-state index in [4.69, 9.17) is 4.52 Å². The van der Waals surface area contributed by atoms with E-state index in [2.05, 4.69) is 15.5 Å². The van der Waals surface area contributed by atoms with Crippen LogP contribution in [-0.2, 0) is 0 Å². The average molecular weight is 410 g/mol. The molecule has 6 nitrogen and oxygen atoms in total. The topological polar surface area (TPSA) is 71.3 Å². The first-order chi connectivity index (χ1) is 14.0. The van der Waals surface area contributed by atoms with Crippen molar-refractivity contribution in [3.8, 4) is 21.8 Å². The highest BCUT2D eigenvalue weighted by atomic mass is 32.1. The van der Waals surface area contributed by atoms with Gasteiger partial charge in [-0.1, -0.05) is 23.4 Å². The lowest BCUT2D eigenvalue weighted by atomic mass is 10.0. The lowest BCUT2D eigenvalue weighted by Gasteiger charge is -2.09. The van der Waals surface area contributed by atoms with Crippen molar-refractivity contribution < 1.29 is 13.7 Å². The number of likely N-dealkylation sites (N-methyl/N-ethyl adjacent to an activating group) is 1. The van der Waals surface area contributed by atoms with E-state index in [0.29, 0.717) is 27.7 Å². The number of carbonyl (C=O) groups excluding carboxylic acids is 1. The van der Waals surface area contributed by atoms with Gasteiger partial charge in [0.05, 0.1) is 11.6 Å². The zero-order valence-electron chi connectivity index (χ0n) is 16.0. The van der Waals surface area contributed by atoms with Gasteiger partial charge < -0.3 is 14.7 Å². The van der Waals surface area contributed by atoms with Crippen LogP contribution >= 0.6 is 11.3 Å². The summed E-state index contributed by atoms with van der Waals surface area (Å²) in [6, 6.07) is 12.0. The Morgan fingerprint density at radius 3 is 2.69 bits per heavy atom. The van der Waals surface area contributed by atoms with Gasteiger partial charge in [-0.2, -0.15) is 0 Å². The molecule has 1 amide bonds. The van der Waals surface area contributed by atoms with Crippen LogP contribution in [0.1, 0.15) is 9.67 Å². The van der Waals surface area contributed by atoms with Crippen LogP contribution < -0.4 is 5.32 Å². The van der Waals surface area contributed by atoms with Crippen LogP contribution in [0.4, 0.5) is 4.39 Å². The van der Waals surface area contributed by atoms with E-state index in [-0.39, 0.29) is 11.7 Å². The Balaban J connectivity index is 1.56. The summed E-state index contributed by atoms with van der Waals surface area (Å²) in [4.78, 5) is 19.1. The summed E-state index contributed by atoms with van der Waals surface area (Å²) in [6.07, 6.45) is 1.55. The number of benzene rings is 2. The molecule has 0 spiro atoms. The van der Waals surface area contributed by atoms with Gasteiger partial charge >= 0.3 is 0 Å². The second kappa shape index (κ2) is 8.10. The van der Waals surface area contributed by atoms with Gasteiger partial charge in [-0.05, 0) is 49.5 Å². The summed E-state index contributed by atoms with van der Waals surface area (Å²) in [5, 5.41) is 8.45. The molecule has 0 saturated carbocycles. The molecule has 0 unspecified atom stereocenters. The molecular weight excluding hydrogens is 391 g/mol. The molecule has 29 heavy (non-hydrogen) atoms. The Morgan fingerprint density at radius 2 is 1.93 bits per heavy atom. The summed E-state index contributed by atoms with van der Waals surface area (Å²) >= 11 is 1.27. The second-order valence-electron chi connectivity index (χ2n) is 6.84. The van der Waals surface area contributed by atoms with Crippen molar-refractivity contribution in [3.63, 3.8) is 0 Å². The zero-order chi connectivity index (χ0) is 20.4. The van der Waals surface area contributed by atoms with Gasteiger partial charge in [-0.15, -0.1) is 11.3 Å². The van der Waals surface area contributed by atoms with E-state index < -0.39 is 0 Å². The number of carbonyl (C=O) groups is 1. The number of nitrogens with one attached hydrogen (secondary N) is 1. The molecule has 0 bridgehead atoms. The fraction of sp³-hybridized carbons (Fsp3) is 0.190. The highest BCUT2D eigenvalue weighted by molar-refractivity contribution is 7.17. The zero-order valence-corrected chi connectivity index (χ0v) is 16.8. The molecule has 0 aliphatic carbocycles. The van der Waals surface area contributed by atoms with Crippen LogP contribution in [0.25, 0.3) is 32.8 Å². The maximum absolute atomic E-state index is 13.1. The Morgan fingerprint density at radius 1 is 1.17 bits per heavy atom. The van der Waals surface area contributed by atoms with E-state index >= 15 is 0 Å². The molecule has 2 aromatic carbocycles. The Labute approximate surface area is 171 Å². The number of aromatic nitrogens is 2. The smallest absolute Gasteiger partial charge is 0.263 e. The molecule has 0 fully saturated rings. The first-order valence-corrected chi connectivity index (χ1v) is 9.87. The van der Waals surface area contributed by atoms with Gasteiger partial charge in [0.25, 0.3) is 5.91 Å². The van der Waals surface area contributed by atoms with E-state index in [1.165, 1.54) is 23.5 Å². The SMILES string of the molecule is CN(C)CCNC(=O)c1cnc(-c2noc3cc(-c4ccc(F)cc4)ccc23)s1. The number of thiazole rings is 1. The first kappa shape index (κ1) is 19.2. The molecule has 0 aliphatic rings. The third kappa shape index (κ3) is 4.18. The van der Waals surface area contributed by atoms with Crippen LogP contribution in [0, 0.1) is 5.82 Å². The molecule has 0 atom stereocenters. The molecule has 0 radical (unpaired) electrons. The minimum atomic E-state index is -0.276. The van der Waals surface area contributed by atoms with Crippen molar-refractivity contribution in [2.24, 2.45) is 0 Å². The Bertz CT molecular complexity index is 1150. The molecule has 1 N–H and O–H groups in total. The molecule has 2 aromatic heterocycles. The quantitative estimate of drug-likeness (QED) is 0.519. The summed E-state index contributed by atoms with van der Waals surface area (Å²) in [7, 11) is 3.91. The molecule has 148 valence electrons. The second-order valence-corrected chi connectivity index (χ2v) is 7.87. The standard InChI is InChI=1S/C21H19FN4O2S/c1-26(2)10-9-23-20(27)18-12-24-21(29-18)19-16-8-5-14(11-17(16)28-25-19)13-3-6-15(22)7-4-13/h3-8,11-12H,9-10H2,1-2H3,(H,23,27). The minimum absolute atomic E-state index is 0.151. The van der Waals surface area contributed by atoms with Gasteiger partial charge in [0.1, 0.15) is 21.4 Å². The first-order valence-electron chi connectivity index (χ1n) is 9.06. The molecule has 8 heteroatoms. The van der Waals surface area contributed by atoms with Crippen molar-refractivity contribution in [1.29, 1.82) is 0 Å². The number of amides is 1. The fourth-order valence-corrected chi connectivity index (χ4v) is 3.71. The lowest BCUT2D eigenvalue weighted by molar-refractivity contribution is 0.0955. The Kier molecular flexibility index (Phi) is 5.37. The molecule has 4 aromatic rings. The normalized spacial score (nSPS) is 11.3. The summed E-state index contributed by atoms with van der Waals surface area (Å²) in [5.74, 6) is -0.427. The Hall–Kier alpha value is -3.10. The van der Waals surface area contributed by atoms with Gasteiger partial charge in [-0.25, -0.2) is 9.37 Å². The van der Waals surface area contributed by atoms with E-state index in [9.17, 15) is 9.18 Å². The minimum Gasteiger partial charge on any atom is -0.356 e. The lowest BCUT2D eigenvalue weighted by Crippen LogP contribution is -2.30. The number of nitrogens with zero attached hydrogens (tertiary/aromatic N) is 3.